The van der Waals surface area contributed by atoms with Gasteiger partial charge in [0.1, 0.15) is 5.75 Å². The highest BCUT2D eigenvalue weighted by Gasteiger charge is 2.03. The van der Waals surface area contributed by atoms with Crippen LogP contribution in [0.2, 0.25) is 0 Å². The first kappa shape index (κ1) is 15.9. The predicted octanol–water partition coefficient (Wildman–Crippen LogP) is 3.87. The molecule has 0 heterocycles. The van der Waals surface area contributed by atoms with Crippen LogP contribution in [0, 0.1) is 0 Å². The Bertz CT molecular complexity index is 584. The number of amides is 1. The van der Waals surface area contributed by atoms with E-state index in [2.05, 4.69) is 21.2 Å². The summed E-state index contributed by atoms with van der Waals surface area (Å²) in [6, 6.07) is 15.6. The molecule has 0 aliphatic heterocycles. The standard InChI is InChI=1S/C16H16BrNO2S/c1-20-14-6-2-12(3-7-14)10-18-16(19)11-21-15-8-4-13(17)5-9-15/h2-9H,10-11H2,1H3,(H,18,19). The summed E-state index contributed by atoms with van der Waals surface area (Å²) in [6.45, 7) is 0.531. The van der Waals surface area contributed by atoms with Gasteiger partial charge in [0, 0.05) is 15.9 Å². The maximum Gasteiger partial charge on any atom is 0.230 e. The summed E-state index contributed by atoms with van der Waals surface area (Å²) in [7, 11) is 1.64. The second-order valence-corrected chi connectivity index (χ2v) is 6.33. The maximum atomic E-state index is 11.8. The van der Waals surface area contributed by atoms with Gasteiger partial charge in [0.25, 0.3) is 0 Å². The molecule has 0 fully saturated rings. The minimum Gasteiger partial charge on any atom is -0.497 e. The van der Waals surface area contributed by atoms with Crippen molar-refractivity contribution < 1.29 is 9.53 Å². The molecule has 0 aliphatic rings. The van der Waals surface area contributed by atoms with E-state index in [1.54, 1.807) is 7.11 Å². The normalized spacial score (nSPS) is 10.2. The van der Waals surface area contributed by atoms with E-state index < -0.39 is 0 Å². The number of nitrogens with one attached hydrogen (secondary N) is 1. The van der Waals surface area contributed by atoms with Crippen LogP contribution >= 0.6 is 27.7 Å². The SMILES string of the molecule is COc1ccc(CNC(=O)CSc2ccc(Br)cc2)cc1. The highest BCUT2D eigenvalue weighted by molar-refractivity contribution is 9.10. The zero-order chi connectivity index (χ0) is 15.1. The maximum absolute atomic E-state index is 11.8. The van der Waals surface area contributed by atoms with Gasteiger partial charge in [0.05, 0.1) is 12.9 Å². The Kier molecular flexibility index (Phi) is 6.14. The average Bonchev–Trinajstić information content (AvgIpc) is 2.53. The van der Waals surface area contributed by atoms with Gasteiger partial charge in [-0.25, -0.2) is 0 Å². The van der Waals surface area contributed by atoms with E-state index in [9.17, 15) is 4.79 Å². The molecule has 0 saturated carbocycles. The summed E-state index contributed by atoms with van der Waals surface area (Å²) in [4.78, 5) is 12.9. The Labute approximate surface area is 137 Å². The molecule has 1 N–H and O–H groups in total. The number of methoxy groups -OCH3 is 1. The summed E-state index contributed by atoms with van der Waals surface area (Å²) in [6.07, 6.45) is 0. The third-order valence-corrected chi connectivity index (χ3v) is 4.37. The Morgan fingerprint density at radius 1 is 1.14 bits per heavy atom. The fourth-order valence-corrected chi connectivity index (χ4v) is 2.67. The van der Waals surface area contributed by atoms with E-state index in [1.807, 2.05) is 48.5 Å². The van der Waals surface area contributed by atoms with Crippen LogP contribution in [0.5, 0.6) is 5.75 Å². The van der Waals surface area contributed by atoms with Gasteiger partial charge in [0.15, 0.2) is 0 Å². The largest absolute Gasteiger partial charge is 0.497 e. The molecule has 0 radical (unpaired) electrons. The van der Waals surface area contributed by atoms with Crippen LogP contribution in [0.1, 0.15) is 5.56 Å². The molecule has 2 aromatic rings. The van der Waals surface area contributed by atoms with Gasteiger partial charge in [0.2, 0.25) is 5.91 Å². The van der Waals surface area contributed by atoms with Crippen LogP contribution in [-0.4, -0.2) is 18.8 Å². The molecule has 0 bridgehead atoms. The van der Waals surface area contributed by atoms with E-state index >= 15 is 0 Å². The van der Waals surface area contributed by atoms with Crippen molar-refractivity contribution >= 4 is 33.6 Å². The second kappa shape index (κ2) is 8.10. The molecule has 110 valence electrons. The van der Waals surface area contributed by atoms with Gasteiger partial charge >= 0.3 is 0 Å². The molecular formula is C16H16BrNO2S. The fraction of sp³-hybridized carbons (Fsp3) is 0.188. The van der Waals surface area contributed by atoms with Crippen molar-refractivity contribution in [1.29, 1.82) is 0 Å². The van der Waals surface area contributed by atoms with E-state index in [0.29, 0.717) is 12.3 Å². The van der Waals surface area contributed by atoms with Crippen LogP contribution < -0.4 is 10.1 Å². The van der Waals surface area contributed by atoms with Gasteiger partial charge in [-0.15, -0.1) is 11.8 Å². The highest BCUT2D eigenvalue weighted by Crippen LogP contribution is 2.20. The number of benzene rings is 2. The molecule has 2 aromatic carbocycles. The molecule has 3 nitrogen and oxygen atoms in total. The van der Waals surface area contributed by atoms with Gasteiger partial charge in [-0.1, -0.05) is 28.1 Å². The van der Waals surface area contributed by atoms with E-state index in [0.717, 1.165) is 20.7 Å². The minimum absolute atomic E-state index is 0.0266. The summed E-state index contributed by atoms with van der Waals surface area (Å²) in [5.74, 6) is 1.26. The summed E-state index contributed by atoms with van der Waals surface area (Å²) >= 11 is 4.91. The summed E-state index contributed by atoms with van der Waals surface area (Å²) in [5, 5.41) is 2.91. The second-order valence-electron chi connectivity index (χ2n) is 4.37. The van der Waals surface area contributed by atoms with Gasteiger partial charge < -0.3 is 10.1 Å². The van der Waals surface area contributed by atoms with Crippen LogP contribution in [-0.2, 0) is 11.3 Å². The number of hydrogen-bond donors (Lipinski definition) is 1. The topological polar surface area (TPSA) is 38.3 Å². The first-order chi connectivity index (χ1) is 10.2. The predicted molar refractivity (Wildman–Crippen MR) is 89.7 cm³/mol. The van der Waals surface area contributed by atoms with Crippen LogP contribution in [0.25, 0.3) is 0 Å². The zero-order valence-corrected chi connectivity index (χ0v) is 14.0. The molecule has 0 atom stereocenters. The molecule has 0 unspecified atom stereocenters. The van der Waals surface area contributed by atoms with Crippen LogP contribution in [0.3, 0.4) is 0 Å². The zero-order valence-electron chi connectivity index (χ0n) is 11.6. The molecule has 0 aliphatic carbocycles. The lowest BCUT2D eigenvalue weighted by atomic mass is 10.2. The Morgan fingerprint density at radius 2 is 1.81 bits per heavy atom. The van der Waals surface area contributed by atoms with Crippen LogP contribution in [0.4, 0.5) is 0 Å². The first-order valence-corrected chi connectivity index (χ1v) is 8.23. The van der Waals surface area contributed by atoms with Gasteiger partial charge in [-0.05, 0) is 42.0 Å². The third kappa shape index (κ3) is 5.44. The minimum atomic E-state index is 0.0266. The number of carbonyl (C=O) groups excluding carboxylic acids is 1. The lowest BCUT2D eigenvalue weighted by Crippen LogP contribution is -2.24. The fourth-order valence-electron chi connectivity index (χ4n) is 1.67. The van der Waals surface area contributed by atoms with E-state index in [-0.39, 0.29) is 5.91 Å². The van der Waals surface area contributed by atoms with Crippen LogP contribution in [0.15, 0.2) is 57.9 Å². The molecule has 21 heavy (non-hydrogen) atoms. The van der Waals surface area contributed by atoms with Crippen molar-refractivity contribution in [1.82, 2.24) is 5.32 Å². The number of ether oxygens (including phenoxy) is 1. The molecule has 0 aromatic heterocycles. The monoisotopic (exact) mass is 365 g/mol. The molecule has 0 saturated heterocycles. The van der Waals surface area contributed by atoms with E-state index in [4.69, 9.17) is 4.74 Å². The number of thioether (sulfide) groups is 1. The van der Waals surface area contributed by atoms with Gasteiger partial charge in [-0.3, -0.25) is 4.79 Å². The van der Waals surface area contributed by atoms with Crippen molar-refractivity contribution in [3.8, 4) is 5.75 Å². The Balaban J connectivity index is 1.75. The Hall–Kier alpha value is -1.46. The molecular weight excluding hydrogens is 350 g/mol. The Morgan fingerprint density at radius 3 is 2.43 bits per heavy atom. The first-order valence-electron chi connectivity index (χ1n) is 6.45. The lowest BCUT2D eigenvalue weighted by Gasteiger charge is -2.06. The highest BCUT2D eigenvalue weighted by atomic mass is 79.9. The smallest absolute Gasteiger partial charge is 0.230 e. The van der Waals surface area contributed by atoms with Crippen molar-refractivity contribution in [2.75, 3.05) is 12.9 Å². The van der Waals surface area contributed by atoms with Crippen molar-refractivity contribution in [2.24, 2.45) is 0 Å². The number of carbonyl (C=O) groups is 1. The third-order valence-electron chi connectivity index (χ3n) is 2.83. The molecule has 2 rings (SSSR count). The van der Waals surface area contributed by atoms with E-state index in [1.165, 1.54) is 11.8 Å². The summed E-state index contributed by atoms with van der Waals surface area (Å²) < 4.78 is 6.13. The average molecular weight is 366 g/mol. The van der Waals surface area contributed by atoms with Crippen molar-refractivity contribution in [2.45, 2.75) is 11.4 Å². The summed E-state index contributed by atoms with van der Waals surface area (Å²) in [5.41, 5.74) is 1.05. The van der Waals surface area contributed by atoms with Crippen molar-refractivity contribution in [3.63, 3.8) is 0 Å². The quantitative estimate of drug-likeness (QED) is 0.789. The molecule has 1 amide bonds. The van der Waals surface area contributed by atoms with Crippen molar-refractivity contribution in [3.05, 3.63) is 58.6 Å². The van der Waals surface area contributed by atoms with Gasteiger partial charge in [-0.2, -0.15) is 0 Å². The number of rotatable bonds is 6. The lowest BCUT2D eigenvalue weighted by molar-refractivity contribution is -0.118. The molecule has 0 spiro atoms. The number of hydrogen-bond acceptors (Lipinski definition) is 3. The number of halogens is 1. The molecule has 5 heteroatoms.